The first-order valence-electron chi connectivity index (χ1n) is 5.69. The number of ketones is 1. The normalized spacial score (nSPS) is 15.9. The topological polar surface area (TPSA) is 40.9 Å². The number of fused-ring (bicyclic) bond motifs is 1. The van der Waals surface area contributed by atoms with E-state index >= 15 is 0 Å². The molecule has 1 heterocycles. The van der Waals surface area contributed by atoms with Crippen LogP contribution >= 0.6 is 11.3 Å². The summed E-state index contributed by atoms with van der Waals surface area (Å²) < 4.78 is 0. The van der Waals surface area contributed by atoms with Crippen molar-refractivity contribution in [3.8, 4) is 6.07 Å². The van der Waals surface area contributed by atoms with Gasteiger partial charge in [-0.05, 0) is 36.8 Å². The Labute approximate surface area is 99.9 Å². The molecule has 0 amide bonds. The van der Waals surface area contributed by atoms with Gasteiger partial charge in [-0.1, -0.05) is 13.8 Å². The number of carbonyl (C=O) groups excluding carboxylic acids is 1. The molecule has 0 fully saturated rings. The summed E-state index contributed by atoms with van der Waals surface area (Å²) in [4.78, 5) is 14.2. The molecule has 16 heavy (non-hydrogen) atoms. The lowest BCUT2D eigenvalue weighted by atomic mass is 9.92. The zero-order valence-corrected chi connectivity index (χ0v) is 10.4. The summed E-state index contributed by atoms with van der Waals surface area (Å²) in [5.41, 5.74) is 1.33. The van der Waals surface area contributed by atoms with E-state index in [1.165, 1.54) is 16.9 Å². The van der Waals surface area contributed by atoms with Crippen LogP contribution in [-0.4, -0.2) is 5.78 Å². The Balaban J connectivity index is 2.24. The molecule has 0 saturated carbocycles. The summed E-state index contributed by atoms with van der Waals surface area (Å²) in [5, 5.41) is 9.01. The van der Waals surface area contributed by atoms with E-state index in [4.69, 9.17) is 5.26 Å². The number of nitrogens with zero attached hydrogens (tertiary/aromatic N) is 1. The van der Waals surface area contributed by atoms with E-state index in [-0.39, 0.29) is 11.7 Å². The molecule has 0 bridgehead atoms. The number of thiophene rings is 1. The fourth-order valence-electron chi connectivity index (χ4n) is 2.11. The Morgan fingerprint density at radius 3 is 2.81 bits per heavy atom. The highest BCUT2D eigenvalue weighted by Crippen LogP contribution is 2.32. The summed E-state index contributed by atoms with van der Waals surface area (Å²) in [6.45, 7) is 3.85. The number of aryl methyl sites for hydroxylation is 2. The molecule has 1 aliphatic carbocycles. The summed E-state index contributed by atoms with van der Waals surface area (Å²) >= 11 is 1.59. The van der Waals surface area contributed by atoms with Crippen molar-refractivity contribution in [2.24, 2.45) is 11.8 Å². The maximum absolute atomic E-state index is 12.1. The Hall–Kier alpha value is -1.14. The fourth-order valence-corrected chi connectivity index (χ4v) is 3.35. The molecular weight excluding hydrogens is 218 g/mol. The van der Waals surface area contributed by atoms with E-state index in [0.29, 0.717) is 0 Å². The van der Waals surface area contributed by atoms with Crippen LogP contribution in [0.5, 0.6) is 0 Å². The largest absolute Gasteiger partial charge is 0.292 e. The third-order valence-corrected chi connectivity index (χ3v) is 4.33. The van der Waals surface area contributed by atoms with Crippen molar-refractivity contribution in [3.05, 3.63) is 21.4 Å². The highest BCUT2D eigenvalue weighted by atomic mass is 32.1. The number of carbonyl (C=O) groups is 1. The van der Waals surface area contributed by atoms with Gasteiger partial charge < -0.3 is 0 Å². The van der Waals surface area contributed by atoms with E-state index in [1.807, 2.05) is 19.9 Å². The predicted octanol–water partition coefficient (Wildman–Crippen LogP) is 3.22. The molecular formula is C13H15NOS. The zero-order valence-electron chi connectivity index (χ0n) is 9.62. The molecule has 0 aliphatic heterocycles. The third-order valence-electron chi connectivity index (χ3n) is 3.08. The van der Waals surface area contributed by atoms with Crippen molar-refractivity contribution in [2.45, 2.75) is 33.1 Å². The van der Waals surface area contributed by atoms with E-state index < -0.39 is 5.92 Å². The lowest BCUT2D eigenvalue weighted by molar-refractivity contribution is 0.0928. The predicted molar refractivity (Wildman–Crippen MR) is 64.6 cm³/mol. The molecule has 84 valence electrons. The average Bonchev–Trinajstić information content (AvgIpc) is 2.76. The van der Waals surface area contributed by atoms with Gasteiger partial charge in [0.05, 0.1) is 10.9 Å². The summed E-state index contributed by atoms with van der Waals surface area (Å²) in [6.07, 6.45) is 3.41. The molecule has 1 aromatic rings. The van der Waals surface area contributed by atoms with Crippen LogP contribution in [-0.2, 0) is 12.8 Å². The first kappa shape index (κ1) is 11.3. The molecule has 0 spiro atoms. The van der Waals surface area contributed by atoms with Crippen molar-refractivity contribution in [1.29, 1.82) is 5.26 Å². The third kappa shape index (κ3) is 1.90. The first-order chi connectivity index (χ1) is 7.63. The van der Waals surface area contributed by atoms with Gasteiger partial charge >= 0.3 is 0 Å². The molecule has 0 N–H and O–H groups in total. The first-order valence-corrected chi connectivity index (χ1v) is 6.50. The van der Waals surface area contributed by atoms with Crippen LogP contribution in [0.4, 0.5) is 0 Å². The molecule has 2 rings (SSSR count). The molecule has 0 radical (unpaired) electrons. The Bertz CT molecular complexity index is 431. The Morgan fingerprint density at radius 2 is 2.25 bits per heavy atom. The molecule has 1 unspecified atom stereocenters. The quantitative estimate of drug-likeness (QED) is 0.752. The second-order valence-corrected chi connectivity index (χ2v) is 5.76. The van der Waals surface area contributed by atoms with Crippen LogP contribution in [0.25, 0.3) is 0 Å². The van der Waals surface area contributed by atoms with Crippen LogP contribution < -0.4 is 0 Å². The number of nitriles is 1. The molecule has 1 aromatic heterocycles. The average molecular weight is 233 g/mol. The second kappa shape index (κ2) is 4.39. The van der Waals surface area contributed by atoms with Gasteiger partial charge in [-0.15, -0.1) is 11.3 Å². The van der Waals surface area contributed by atoms with Gasteiger partial charge in [-0.25, -0.2) is 0 Å². The minimum atomic E-state index is -0.487. The van der Waals surface area contributed by atoms with Gasteiger partial charge in [0.2, 0.25) is 0 Å². The van der Waals surface area contributed by atoms with Crippen LogP contribution in [0.1, 0.15) is 40.4 Å². The molecule has 0 saturated heterocycles. The van der Waals surface area contributed by atoms with Gasteiger partial charge in [0, 0.05) is 4.88 Å². The van der Waals surface area contributed by atoms with Crippen LogP contribution in [0.2, 0.25) is 0 Å². The van der Waals surface area contributed by atoms with Crippen molar-refractivity contribution >= 4 is 17.1 Å². The Kier molecular flexibility index (Phi) is 3.11. The molecule has 1 aliphatic rings. The minimum absolute atomic E-state index is 0.0110. The van der Waals surface area contributed by atoms with E-state index in [2.05, 4.69) is 6.07 Å². The maximum Gasteiger partial charge on any atom is 0.190 e. The number of hydrogen-bond donors (Lipinski definition) is 0. The minimum Gasteiger partial charge on any atom is -0.292 e. The summed E-state index contributed by atoms with van der Waals surface area (Å²) in [6, 6.07) is 4.12. The lowest BCUT2D eigenvalue weighted by Crippen LogP contribution is -2.17. The monoisotopic (exact) mass is 233 g/mol. The van der Waals surface area contributed by atoms with Gasteiger partial charge in [-0.3, -0.25) is 4.79 Å². The van der Waals surface area contributed by atoms with Gasteiger partial charge in [0.15, 0.2) is 5.78 Å². The SMILES string of the molecule is CC(C)C(C#N)C(=O)c1cc2c(s1)CCC2. The van der Waals surface area contributed by atoms with Crippen LogP contribution in [0.15, 0.2) is 6.07 Å². The smallest absolute Gasteiger partial charge is 0.190 e. The van der Waals surface area contributed by atoms with Gasteiger partial charge in [0.1, 0.15) is 5.92 Å². The van der Waals surface area contributed by atoms with Gasteiger partial charge in [-0.2, -0.15) is 5.26 Å². The Morgan fingerprint density at radius 1 is 1.50 bits per heavy atom. The van der Waals surface area contributed by atoms with E-state index in [9.17, 15) is 4.79 Å². The zero-order chi connectivity index (χ0) is 11.7. The number of rotatable bonds is 3. The molecule has 1 atom stereocenters. The second-order valence-electron chi connectivity index (χ2n) is 4.63. The lowest BCUT2D eigenvalue weighted by Gasteiger charge is -2.09. The van der Waals surface area contributed by atoms with Crippen LogP contribution in [0, 0.1) is 23.2 Å². The maximum atomic E-state index is 12.1. The standard InChI is InChI=1S/C13H15NOS/c1-8(2)10(7-14)13(15)12-6-9-4-3-5-11(9)16-12/h6,8,10H,3-5H2,1-2H3. The van der Waals surface area contributed by atoms with E-state index in [0.717, 1.165) is 17.7 Å². The summed E-state index contributed by atoms with van der Waals surface area (Å²) in [7, 11) is 0. The molecule has 2 nitrogen and oxygen atoms in total. The molecule has 3 heteroatoms. The van der Waals surface area contributed by atoms with Crippen LogP contribution in [0.3, 0.4) is 0 Å². The van der Waals surface area contributed by atoms with Gasteiger partial charge in [0.25, 0.3) is 0 Å². The highest BCUT2D eigenvalue weighted by molar-refractivity contribution is 7.14. The van der Waals surface area contributed by atoms with E-state index in [1.54, 1.807) is 11.3 Å². The van der Waals surface area contributed by atoms with Crippen molar-refractivity contribution in [2.75, 3.05) is 0 Å². The number of hydrogen-bond acceptors (Lipinski definition) is 3. The van der Waals surface area contributed by atoms with Crippen molar-refractivity contribution < 1.29 is 4.79 Å². The van der Waals surface area contributed by atoms with Crippen molar-refractivity contribution in [3.63, 3.8) is 0 Å². The highest BCUT2D eigenvalue weighted by Gasteiger charge is 2.26. The number of Topliss-reactive ketones (excluding diaryl/α,β-unsaturated/α-hetero) is 1. The van der Waals surface area contributed by atoms with Crippen molar-refractivity contribution in [1.82, 2.24) is 0 Å². The summed E-state index contributed by atoms with van der Waals surface area (Å²) in [5.74, 6) is -0.384. The molecule has 0 aromatic carbocycles. The fraction of sp³-hybridized carbons (Fsp3) is 0.538.